The Morgan fingerprint density at radius 2 is 1.83 bits per heavy atom. The highest BCUT2D eigenvalue weighted by atomic mass is 35.5. The average Bonchev–Trinajstić information content (AvgIpc) is 3.18. The van der Waals surface area contributed by atoms with Gasteiger partial charge in [0, 0.05) is 22.7 Å². The smallest absolute Gasteiger partial charge is 0.337 e. The molecule has 0 amide bonds. The van der Waals surface area contributed by atoms with Crippen LogP contribution < -0.4 is 14.8 Å². The van der Waals surface area contributed by atoms with E-state index >= 15 is 0 Å². The van der Waals surface area contributed by atoms with Gasteiger partial charge in [0.15, 0.2) is 11.5 Å². The minimum atomic E-state index is -0.314. The third-order valence-electron chi connectivity index (χ3n) is 4.54. The number of carbonyl (C=O) groups excluding carboxylic acids is 1. The SMILES string of the molecule is O=C1OCC2=C1C(c1ccccc1Cl)c1cc3c(cc1N2)OCO3. The highest BCUT2D eigenvalue weighted by molar-refractivity contribution is 6.31. The molecule has 1 N–H and O–H groups in total. The molecular weight excluding hydrogens is 330 g/mol. The lowest BCUT2D eigenvalue weighted by molar-refractivity contribution is -0.136. The average molecular weight is 342 g/mol. The third-order valence-corrected chi connectivity index (χ3v) is 4.88. The number of hydrogen-bond acceptors (Lipinski definition) is 5. The summed E-state index contributed by atoms with van der Waals surface area (Å²) in [5.41, 5.74) is 4.05. The molecule has 0 radical (unpaired) electrons. The summed E-state index contributed by atoms with van der Waals surface area (Å²) in [6.07, 6.45) is 0. The zero-order valence-corrected chi connectivity index (χ0v) is 13.2. The van der Waals surface area contributed by atoms with Crippen LogP contribution in [0.1, 0.15) is 17.0 Å². The zero-order chi connectivity index (χ0) is 16.3. The third kappa shape index (κ3) is 1.85. The molecule has 2 aromatic carbocycles. The van der Waals surface area contributed by atoms with Crippen molar-refractivity contribution in [3.63, 3.8) is 0 Å². The van der Waals surface area contributed by atoms with Gasteiger partial charge < -0.3 is 19.5 Å². The van der Waals surface area contributed by atoms with Crippen LogP contribution in [0.15, 0.2) is 47.7 Å². The summed E-state index contributed by atoms with van der Waals surface area (Å²) < 4.78 is 16.2. The quantitative estimate of drug-likeness (QED) is 0.805. The van der Waals surface area contributed by atoms with E-state index in [-0.39, 0.29) is 25.3 Å². The van der Waals surface area contributed by atoms with E-state index in [2.05, 4.69) is 5.32 Å². The number of rotatable bonds is 1. The van der Waals surface area contributed by atoms with Gasteiger partial charge >= 0.3 is 5.97 Å². The van der Waals surface area contributed by atoms with Crippen LogP contribution in [0.2, 0.25) is 5.02 Å². The number of halogens is 1. The van der Waals surface area contributed by atoms with Crippen LogP contribution in [0.5, 0.6) is 11.5 Å². The number of fused-ring (bicyclic) bond motifs is 2. The van der Waals surface area contributed by atoms with Gasteiger partial charge in [-0.2, -0.15) is 0 Å². The maximum absolute atomic E-state index is 12.3. The Morgan fingerprint density at radius 1 is 1.04 bits per heavy atom. The first-order valence-corrected chi connectivity index (χ1v) is 7.95. The highest BCUT2D eigenvalue weighted by Gasteiger charge is 2.40. The fraction of sp³-hybridized carbons (Fsp3) is 0.167. The van der Waals surface area contributed by atoms with Gasteiger partial charge in [-0.3, -0.25) is 0 Å². The van der Waals surface area contributed by atoms with Crippen molar-refractivity contribution >= 4 is 23.3 Å². The standard InChI is InChI=1S/C18H12ClNO4/c19-11-4-2-1-3-9(11)16-10-5-14-15(24-8-23-14)6-12(10)20-13-7-22-18(21)17(13)16/h1-6,16,20H,7-8H2. The molecule has 0 aromatic heterocycles. The molecule has 0 bridgehead atoms. The molecule has 3 heterocycles. The molecule has 6 heteroatoms. The van der Waals surface area contributed by atoms with Crippen LogP contribution in [0.25, 0.3) is 0 Å². The molecule has 3 aliphatic rings. The maximum atomic E-state index is 12.3. The summed E-state index contributed by atoms with van der Waals surface area (Å²) in [5, 5.41) is 3.90. The van der Waals surface area contributed by atoms with Crippen molar-refractivity contribution in [2.75, 3.05) is 18.7 Å². The van der Waals surface area contributed by atoms with Gasteiger partial charge in [0.2, 0.25) is 6.79 Å². The van der Waals surface area contributed by atoms with E-state index in [0.717, 1.165) is 22.5 Å². The summed E-state index contributed by atoms with van der Waals surface area (Å²) >= 11 is 6.43. The number of cyclic esters (lactones) is 1. The van der Waals surface area contributed by atoms with Gasteiger partial charge in [0.25, 0.3) is 0 Å². The molecule has 0 spiro atoms. The lowest BCUT2D eigenvalue weighted by Gasteiger charge is -2.28. The molecule has 1 atom stereocenters. The van der Waals surface area contributed by atoms with E-state index in [0.29, 0.717) is 22.1 Å². The molecule has 120 valence electrons. The number of benzene rings is 2. The second kappa shape index (κ2) is 4.92. The van der Waals surface area contributed by atoms with Crippen molar-refractivity contribution in [1.82, 2.24) is 0 Å². The number of hydrogen-bond donors (Lipinski definition) is 1. The van der Waals surface area contributed by atoms with E-state index in [4.69, 9.17) is 25.8 Å². The molecule has 24 heavy (non-hydrogen) atoms. The van der Waals surface area contributed by atoms with Gasteiger partial charge in [-0.1, -0.05) is 29.8 Å². The highest BCUT2D eigenvalue weighted by Crippen LogP contribution is 2.49. The summed E-state index contributed by atoms with van der Waals surface area (Å²) in [5.74, 6) is 0.747. The molecule has 3 aliphatic heterocycles. The van der Waals surface area contributed by atoms with Crippen LogP contribution in [-0.4, -0.2) is 19.4 Å². The molecule has 0 fully saturated rings. The van der Waals surface area contributed by atoms with E-state index in [1.165, 1.54) is 0 Å². The monoisotopic (exact) mass is 341 g/mol. The Balaban J connectivity index is 1.77. The fourth-order valence-electron chi connectivity index (χ4n) is 3.47. The predicted octanol–water partition coefficient (Wildman–Crippen LogP) is 3.44. The molecule has 5 rings (SSSR count). The Kier molecular flexibility index (Phi) is 2.82. The molecule has 0 aliphatic carbocycles. The van der Waals surface area contributed by atoms with Crippen LogP contribution in [0, 0.1) is 0 Å². The van der Waals surface area contributed by atoms with Crippen molar-refractivity contribution in [2.24, 2.45) is 0 Å². The second-order valence-corrected chi connectivity index (χ2v) is 6.25. The number of ether oxygens (including phenoxy) is 3. The maximum Gasteiger partial charge on any atom is 0.337 e. The Hall–Kier alpha value is -2.66. The van der Waals surface area contributed by atoms with Gasteiger partial charge in [0.05, 0.1) is 11.3 Å². The number of carbonyl (C=O) groups is 1. The molecule has 1 unspecified atom stereocenters. The summed E-state index contributed by atoms with van der Waals surface area (Å²) in [4.78, 5) is 12.3. The number of esters is 1. The lowest BCUT2D eigenvalue weighted by Crippen LogP contribution is -2.20. The van der Waals surface area contributed by atoms with E-state index in [9.17, 15) is 4.79 Å². The van der Waals surface area contributed by atoms with Crippen LogP contribution in [-0.2, 0) is 9.53 Å². The summed E-state index contributed by atoms with van der Waals surface area (Å²) in [6.45, 7) is 0.438. The fourth-order valence-corrected chi connectivity index (χ4v) is 3.71. The first-order valence-electron chi connectivity index (χ1n) is 7.57. The number of anilines is 1. The topological polar surface area (TPSA) is 56.8 Å². The Bertz CT molecular complexity index is 921. The van der Waals surface area contributed by atoms with Crippen LogP contribution in [0.3, 0.4) is 0 Å². The molecule has 0 saturated heterocycles. The van der Waals surface area contributed by atoms with Gasteiger partial charge in [0.1, 0.15) is 6.61 Å². The normalized spacial score (nSPS) is 20.4. The molecular formula is C18H12ClNO4. The van der Waals surface area contributed by atoms with E-state index < -0.39 is 0 Å². The molecule has 0 saturated carbocycles. The van der Waals surface area contributed by atoms with E-state index in [1.807, 2.05) is 36.4 Å². The van der Waals surface area contributed by atoms with Gasteiger partial charge in [-0.25, -0.2) is 4.79 Å². The van der Waals surface area contributed by atoms with Gasteiger partial charge in [-0.15, -0.1) is 0 Å². The molecule has 2 aromatic rings. The largest absolute Gasteiger partial charge is 0.456 e. The van der Waals surface area contributed by atoms with Crippen molar-refractivity contribution in [3.05, 3.63) is 63.8 Å². The van der Waals surface area contributed by atoms with Crippen molar-refractivity contribution in [2.45, 2.75) is 5.92 Å². The van der Waals surface area contributed by atoms with Crippen LogP contribution in [0.4, 0.5) is 5.69 Å². The zero-order valence-electron chi connectivity index (χ0n) is 12.5. The number of nitrogens with one attached hydrogen (secondary N) is 1. The Labute approximate surface area is 142 Å². The van der Waals surface area contributed by atoms with Crippen LogP contribution >= 0.6 is 11.6 Å². The first kappa shape index (κ1) is 13.7. The minimum absolute atomic E-state index is 0.199. The minimum Gasteiger partial charge on any atom is -0.456 e. The van der Waals surface area contributed by atoms with Gasteiger partial charge in [-0.05, 0) is 23.3 Å². The summed E-state index contributed by atoms with van der Waals surface area (Å²) in [7, 11) is 0. The summed E-state index contributed by atoms with van der Waals surface area (Å²) in [6, 6.07) is 11.4. The van der Waals surface area contributed by atoms with Crippen molar-refractivity contribution in [3.8, 4) is 11.5 Å². The van der Waals surface area contributed by atoms with E-state index in [1.54, 1.807) is 0 Å². The first-order chi connectivity index (χ1) is 11.7. The molecule has 5 nitrogen and oxygen atoms in total. The Morgan fingerprint density at radius 3 is 2.67 bits per heavy atom. The lowest BCUT2D eigenvalue weighted by atomic mass is 9.81. The van der Waals surface area contributed by atoms with Crippen molar-refractivity contribution in [1.29, 1.82) is 0 Å². The predicted molar refractivity (Wildman–Crippen MR) is 87.5 cm³/mol. The van der Waals surface area contributed by atoms with Crippen molar-refractivity contribution < 1.29 is 19.0 Å². The second-order valence-electron chi connectivity index (χ2n) is 5.84.